The molecule has 0 aromatic heterocycles. The highest BCUT2D eigenvalue weighted by molar-refractivity contribution is 7.90. The maximum Gasteiger partial charge on any atom is 0.301 e. The third kappa shape index (κ3) is 3.91. The number of hydrogen-bond donors (Lipinski definition) is 3. The first-order valence-electron chi connectivity index (χ1n) is 5.56. The Morgan fingerprint density at radius 1 is 1.47 bits per heavy atom. The van der Waals surface area contributed by atoms with Crippen LogP contribution in [0.3, 0.4) is 0 Å². The maximum absolute atomic E-state index is 12.0. The van der Waals surface area contributed by atoms with Gasteiger partial charge in [0.2, 0.25) is 0 Å². The third-order valence-corrected chi connectivity index (χ3v) is 3.97. The van der Waals surface area contributed by atoms with E-state index in [1.807, 2.05) is 0 Å². The molecule has 0 atom stereocenters. The van der Waals surface area contributed by atoms with Crippen LogP contribution in [-0.4, -0.2) is 41.6 Å². The number of anilines is 1. The summed E-state index contributed by atoms with van der Waals surface area (Å²) in [6.45, 7) is 0.451. The van der Waals surface area contributed by atoms with Crippen molar-refractivity contribution in [1.29, 1.82) is 5.41 Å². The van der Waals surface area contributed by atoms with Crippen LogP contribution in [0.1, 0.15) is 5.56 Å². The van der Waals surface area contributed by atoms with Gasteiger partial charge in [-0.25, -0.2) is 0 Å². The molecular weight excluding hydrogens is 268 g/mol. The van der Waals surface area contributed by atoms with Crippen LogP contribution in [0.5, 0.6) is 0 Å². The average Bonchev–Trinajstić information content (AvgIpc) is 2.38. The SMILES string of the molecule is COCCNS(=O)(=O)N(C)c1ccccc1C(=N)N. The molecule has 106 valence electrons. The van der Waals surface area contributed by atoms with Crippen molar-refractivity contribution in [1.82, 2.24) is 4.72 Å². The molecule has 0 unspecified atom stereocenters. The smallest absolute Gasteiger partial charge is 0.301 e. The number of hydrogen-bond acceptors (Lipinski definition) is 4. The van der Waals surface area contributed by atoms with Crippen molar-refractivity contribution in [3.63, 3.8) is 0 Å². The fourth-order valence-electron chi connectivity index (χ4n) is 1.47. The molecule has 1 aromatic rings. The molecule has 0 aliphatic heterocycles. The summed E-state index contributed by atoms with van der Waals surface area (Å²) in [4.78, 5) is 0. The van der Waals surface area contributed by atoms with Crippen LogP contribution in [-0.2, 0) is 14.9 Å². The summed E-state index contributed by atoms with van der Waals surface area (Å²) in [5.41, 5.74) is 6.15. The summed E-state index contributed by atoms with van der Waals surface area (Å²) in [5.74, 6) is -0.186. The first-order chi connectivity index (χ1) is 8.90. The zero-order chi connectivity index (χ0) is 14.5. The Hall–Kier alpha value is -1.64. The van der Waals surface area contributed by atoms with Crippen molar-refractivity contribution in [2.45, 2.75) is 0 Å². The summed E-state index contributed by atoms with van der Waals surface area (Å²) in [5, 5.41) is 7.46. The predicted octanol–water partition coefficient (Wildman–Crippen LogP) is -0.112. The molecule has 8 heteroatoms. The minimum absolute atomic E-state index is 0.172. The van der Waals surface area contributed by atoms with Crippen LogP contribution in [0.15, 0.2) is 24.3 Å². The number of amidine groups is 1. The van der Waals surface area contributed by atoms with Gasteiger partial charge in [-0.2, -0.15) is 13.1 Å². The fourth-order valence-corrected chi connectivity index (χ4v) is 2.43. The lowest BCUT2D eigenvalue weighted by molar-refractivity contribution is 0.204. The van der Waals surface area contributed by atoms with Gasteiger partial charge in [0, 0.05) is 26.3 Å². The number of rotatable bonds is 7. The number of ether oxygens (including phenoxy) is 1. The minimum atomic E-state index is -3.69. The molecule has 4 N–H and O–H groups in total. The molecule has 0 spiro atoms. The van der Waals surface area contributed by atoms with E-state index in [1.165, 1.54) is 14.2 Å². The normalized spacial score (nSPS) is 11.3. The van der Waals surface area contributed by atoms with Gasteiger partial charge in [0.15, 0.2) is 0 Å². The van der Waals surface area contributed by atoms with Gasteiger partial charge in [0.1, 0.15) is 5.84 Å². The first kappa shape index (κ1) is 15.4. The molecule has 0 fully saturated rings. The highest BCUT2D eigenvalue weighted by Crippen LogP contribution is 2.20. The lowest BCUT2D eigenvalue weighted by atomic mass is 10.1. The number of methoxy groups -OCH3 is 1. The topological polar surface area (TPSA) is 109 Å². The molecule has 0 heterocycles. The average molecular weight is 286 g/mol. The van der Waals surface area contributed by atoms with E-state index in [0.29, 0.717) is 11.3 Å². The van der Waals surface area contributed by atoms with Gasteiger partial charge >= 0.3 is 10.2 Å². The molecule has 0 bridgehead atoms. The van der Waals surface area contributed by atoms with Crippen molar-refractivity contribution < 1.29 is 13.2 Å². The standard InChI is InChI=1S/C11H18N4O3S/c1-15(19(16,17)14-7-8-18-2)10-6-4-3-5-9(10)11(12)13/h3-6,14H,7-8H2,1-2H3,(H3,12,13). The van der Waals surface area contributed by atoms with Crippen molar-refractivity contribution in [3.8, 4) is 0 Å². The highest BCUT2D eigenvalue weighted by Gasteiger charge is 2.20. The number of nitrogens with zero attached hydrogens (tertiary/aromatic N) is 1. The Labute approximate surface area is 113 Å². The summed E-state index contributed by atoms with van der Waals surface area (Å²) < 4.78 is 32.3. The van der Waals surface area contributed by atoms with Gasteiger partial charge in [-0.1, -0.05) is 12.1 Å². The van der Waals surface area contributed by atoms with E-state index < -0.39 is 10.2 Å². The second-order valence-electron chi connectivity index (χ2n) is 3.79. The van der Waals surface area contributed by atoms with Crippen LogP contribution in [0.4, 0.5) is 5.69 Å². The van der Waals surface area contributed by atoms with E-state index in [2.05, 4.69) is 4.72 Å². The largest absolute Gasteiger partial charge is 0.384 e. The second-order valence-corrected chi connectivity index (χ2v) is 5.58. The number of nitrogen functional groups attached to an aromatic ring is 1. The number of nitrogens with two attached hydrogens (primary N) is 1. The van der Waals surface area contributed by atoms with E-state index in [9.17, 15) is 8.42 Å². The van der Waals surface area contributed by atoms with E-state index in [1.54, 1.807) is 24.3 Å². The zero-order valence-corrected chi connectivity index (χ0v) is 11.7. The molecule has 0 saturated heterocycles. The van der Waals surface area contributed by atoms with Crippen molar-refractivity contribution in [3.05, 3.63) is 29.8 Å². The monoisotopic (exact) mass is 286 g/mol. The molecule has 0 aliphatic rings. The lowest BCUT2D eigenvalue weighted by Gasteiger charge is -2.22. The summed E-state index contributed by atoms with van der Waals surface area (Å²) in [6, 6.07) is 6.56. The zero-order valence-electron chi connectivity index (χ0n) is 10.9. The van der Waals surface area contributed by atoms with Crippen molar-refractivity contribution >= 4 is 21.7 Å². The van der Waals surface area contributed by atoms with Gasteiger partial charge in [0.25, 0.3) is 0 Å². The Morgan fingerprint density at radius 3 is 2.68 bits per heavy atom. The van der Waals surface area contributed by atoms with Crippen molar-refractivity contribution in [2.24, 2.45) is 5.73 Å². The van der Waals surface area contributed by atoms with Crippen LogP contribution >= 0.6 is 0 Å². The number of nitrogens with one attached hydrogen (secondary N) is 2. The van der Waals surface area contributed by atoms with E-state index in [0.717, 1.165) is 4.31 Å². The second kappa shape index (κ2) is 6.50. The predicted molar refractivity (Wildman–Crippen MR) is 74.7 cm³/mol. The number of benzene rings is 1. The Balaban J connectivity index is 2.99. The molecule has 19 heavy (non-hydrogen) atoms. The Morgan fingerprint density at radius 2 is 2.11 bits per heavy atom. The van der Waals surface area contributed by atoms with Crippen LogP contribution in [0.2, 0.25) is 0 Å². The first-order valence-corrected chi connectivity index (χ1v) is 7.00. The molecule has 1 rings (SSSR count). The van der Waals surface area contributed by atoms with Gasteiger partial charge < -0.3 is 10.5 Å². The third-order valence-electron chi connectivity index (χ3n) is 2.48. The molecule has 7 nitrogen and oxygen atoms in total. The minimum Gasteiger partial charge on any atom is -0.384 e. The Bertz CT molecular complexity index is 545. The van der Waals surface area contributed by atoms with E-state index in [4.69, 9.17) is 15.9 Å². The van der Waals surface area contributed by atoms with Gasteiger partial charge in [-0.15, -0.1) is 0 Å². The lowest BCUT2D eigenvalue weighted by Crippen LogP contribution is -2.40. The van der Waals surface area contributed by atoms with E-state index >= 15 is 0 Å². The molecule has 0 radical (unpaired) electrons. The molecule has 0 amide bonds. The summed E-state index contributed by atoms with van der Waals surface area (Å²) in [7, 11) is -0.802. The molecular formula is C11H18N4O3S. The van der Waals surface area contributed by atoms with Crippen molar-refractivity contribution in [2.75, 3.05) is 31.6 Å². The fraction of sp³-hybridized carbons (Fsp3) is 0.364. The van der Waals surface area contributed by atoms with Crippen LogP contribution in [0, 0.1) is 5.41 Å². The maximum atomic E-state index is 12.0. The summed E-state index contributed by atoms with van der Waals surface area (Å²) >= 11 is 0. The molecule has 0 aliphatic carbocycles. The molecule has 1 aromatic carbocycles. The Kier molecular flexibility index (Phi) is 5.28. The molecule has 0 saturated carbocycles. The van der Waals surface area contributed by atoms with Gasteiger partial charge in [-0.05, 0) is 12.1 Å². The quantitative estimate of drug-likeness (QED) is 0.369. The van der Waals surface area contributed by atoms with Gasteiger partial charge in [-0.3, -0.25) is 9.71 Å². The van der Waals surface area contributed by atoms with Crippen LogP contribution in [0.25, 0.3) is 0 Å². The number of para-hydroxylation sites is 1. The van der Waals surface area contributed by atoms with E-state index in [-0.39, 0.29) is 19.0 Å². The van der Waals surface area contributed by atoms with Gasteiger partial charge in [0.05, 0.1) is 12.3 Å². The highest BCUT2D eigenvalue weighted by atomic mass is 32.2. The van der Waals surface area contributed by atoms with Crippen LogP contribution < -0.4 is 14.8 Å². The summed E-state index contributed by atoms with van der Waals surface area (Å²) in [6.07, 6.45) is 0.